The molecule has 0 atom stereocenters. The number of benzene rings is 1. The lowest BCUT2D eigenvalue weighted by Gasteiger charge is -2.09. The number of rotatable bonds is 5. The molecule has 2 N–H and O–H groups in total. The first-order chi connectivity index (χ1) is 9.51. The van der Waals surface area contributed by atoms with Gasteiger partial charge in [-0.05, 0) is 25.0 Å². The maximum absolute atomic E-state index is 11.9. The van der Waals surface area contributed by atoms with Gasteiger partial charge in [0, 0.05) is 11.6 Å². The topological polar surface area (TPSA) is 67.4 Å². The van der Waals surface area contributed by atoms with Gasteiger partial charge in [0.05, 0.1) is 23.7 Å². The lowest BCUT2D eigenvalue weighted by molar-refractivity contribution is -0.120. The Kier molecular flexibility index (Phi) is 4.73. The first-order valence-electron chi connectivity index (χ1n) is 6.12. The molecular formula is C13H14Cl2N2O3. The van der Waals surface area contributed by atoms with E-state index in [4.69, 9.17) is 27.9 Å². The van der Waals surface area contributed by atoms with Crippen LogP contribution in [0, 0.1) is 0 Å². The van der Waals surface area contributed by atoms with E-state index in [1.807, 2.05) is 0 Å². The largest absolute Gasteiger partial charge is 0.494 e. The molecule has 1 aromatic carbocycles. The predicted octanol–water partition coefficient (Wildman–Crippen LogP) is 2.01. The van der Waals surface area contributed by atoms with Crippen molar-refractivity contribution in [1.82, 2.24) is 10.6 Å². The number of hydrogen-bond donors (Lipinski definition) is 2. The third-order valence-corrected chi connectivity index (χ3v) is 3.38. The van der Waals surface area contributed by atoms with Gasteiger partial charge >= 0.3 is 0 Å². The first-order valence-corrected chi connectivity index (χ1v) is 6.87. The smallest absolute Gasteiger partial charge is 0.251 e. The van der Waals surface area contributed by atoms with E-state index in [1.165, 1.54) is 19.2 Å². The molecule has 7 heteroatoms. The Hall–Kier alpha value is -1.46. The van der Waals surface area contributed by atoms with Crippen molar-refractivity contribution in [3.63, 3.8) is 0 Å². The zero-order valence-electron chi connectivity index (χ0n) is 10.8. The van der Waals surface area contributed by atoms with Crippen molar-refractivity contribution in [2.24, 2.45) is 0 Å². The predicted molar refractivity (Wildman–Crippen MR) is 76.5 cm³/mol. The summed E-state index contributed by atoms with van der Waals surface area (Å²) in [7, 11) is 1.44. The summed E-state index contributed by atoms with van der Waals surface area (Å²) in [6, 6.07) is 3.16. The highest BCUT2D eigenvalue weighted by Crippen LogP contribution is 2.33. The summed E-state index contributed by atoms with van der Waals surface area (Å²) in [5.74, 6) is -0.301. The Bertz CT molecular complexity index is 521. The molecule has 0 bridgehead atoms. The standard InChI is InChI=1S/C13H14Cl2N2O3/c1-20-12-9(14)4-7(5-10(12)15)13(19)16-6-11(18)17-8-2-3-8/h4-5,8H,2-3,6H2,1H3,(H,16,19)(H,17,18). The van der Waals surface area contributed by atoms with E-state index in [0.29, 0.717) is 5.75 Å². The van der Waals surface area contributed by atoms with Gasteiger partial charge in [-0.3, -0.25) is 9.59 Å². The molecule has 0 heterocycles. The highest BCUT2D eigenvalue weighted by Gasteiger charge is 2.23. The molecule has 1 aromatic rings. The molecular weight excluding hydrogens is 303 g/mol. The normalized spacial score (nSPS) is 13.8. The molecule has 20 heavy (non-hydrogen) atoms. The van der Waals surface area contributed by atoms with E-state index in [2.05, 4.69) is 10.6 Å². The average Bonchev–Trinajstić information content (AvgIpc) is 3.19. The molecule has 1 saturated carbocycles. The molecule has 0 saturated heterocycles. The van der Waals surface area contributed by atoms with E-state index in [-0.39, 0.29) is 34.1 Å². The number of amides is 2. The number of carbonyl (C=O) groups excluding carboxylic acids is 2. The third-order valence-electron chi connectivity index (χ3n) is 2.82. The molecule has 0 spiro atoms. The van der Waals surface area contributed by atoms with Gasteiger partial charge in [-0.2, -0.15) is 0 Å². The van der Waals surface area contributed by atoms with Crippen molar-refractivity contribution < 1.29 is 14.3 Å². The van der Waals surface area contributed by atoms with E-state index in [0.717, 1.165) is 12.8 Å². The Morgan fingerprint density at radius 3 is 2.40 bits per heavy atom. The molecule has 2 amide bonds. The molecule has 0 aromatic heterocycles. The molecule has 0 aliphatic heterocycles. The van der Waals surface area contributed by atoms with Gasteiger partial charge in [0.25, 0.3) is 5.91 Å². The van der Waals surface area contributed by atoms with Crippen LogP contribution in [-0.4, -0.2) is 31.5 Å². The van der Waals surface area contributed by atoms with Gasteiger partial charge in [-0.25, -0.2) is 0 Å². The summed E-state index contributed by atoms with van der Waals surface area (Å²) in [4.78, 5) is 23.4. The fraction of sp³-hybridized carbons (Fsp3) is 0.385. The lowest BCUT2D eigenvalue weighted by atomic mass is 10.2. The van der Waals surface area contributed by atoms with Crippen molar-refractivity contribution in [3.8, 4) is 5.75 Å². The zero-order valence-corrected chi connectivity index (χ0v) is 12.3. The van der Waals surface area contributed by atoms with Crippen molar-refractivity contribution in [1.29, 1.82) is 0 Å². The fourth-order valence-corrected chi connectivity index (χ4v) is 2.30. The number of nitrogens with one attached hydrogen (secondary N) is 2. The third kappa shape index (κ3) is 3.77. The highest BCUT2D eigenvalue weighted by molar-refractivity contribution is 6.37. The van der Waals surface area contributed by atoms with Crippen LogP contribution in [0.1, 0.15) is 23.2 Å². The maximum atomic E-state index is 11.9. The second kappa shape index (κ2) is 6.33. The number of halogens is 2. The van der Waals surface area contributed by atoms with Crippen LogP contribution in [0.4, 0.5) is 0 Å². The van der Waals surface area contributed by atoms with Crippen LogP contribution in [0.15, 0.2) is 12.1 Å². The van der Waals surface area contributed by atoms with Crippen molar-refractivity contribution in [3.05, 3.63) is 27.7 Å². The van der Waals surface area contributed by atoms with Crippen molar-refractivity contribution >= 4 is 35.0 Å². The van der Waals surface area contributed by atoms with E-state index < -0.39 is 5.91 Å². The maximum Gasteiger partial charge on any atom is 0.251 e. The molecule has 0 unspecified atom stereocenters. The molecule has 0 radical (unpaired) electrons. The lowest BCUT2D eigenvalue weighted by Crippen LogP contribution is -2.37. The van der Waals surface area contributed by atoms with Gasteiger partial charge < -0.3 is 15.4 Å². The SMILES string of the molecule is COc1c(Cl)cc(C(=O)NCC(=O)NC2CC2)cc1Cl. The van der Waals surface area contributed by atoms with Gasteiger partial charge in [0.15, 0.2) is 5.75 Å². The van der Waals surface area contributed by atoms with Crippen LogP contribution in [0.5, 0.6) is 5.75 Å². The van der Waals surface area contributed by atoms with Crippen LogP contribution < -0.4 is 15.4 Å². The Labute approximate surface area is 126 Å². The van der Waals surface area contributed by atoms with Crippen LogP contribution in [0.25, 0.3) is 0 Å². The van der Waals surface area contributed by atoms with E-state index in [9.17, 15) is 9.59 Å². The van der Waals surface area contributed by atoms with E-state index >= 15 is 0 Å². The van der Waals surface area contributed by atoms with Gasteiger partial charge in [-0.1, -0.05) is 23.2 Å². The molecule has 108 valence electrons. The van der Waals surface area contributed by atoms with Gasteiger partial charge in [0.1, 0.15) is 0 Å². The van der Waals surface area contributed by atoms with Crippen LogP contribution in [-0.2, 0) is 4.79 Å². The molecule has 1 aliphatic rings. The average molecular weight is 317 g/mol. The van der Waals surface area contributed by atoms with Crippen LogP contribution in [0.3, 0.4) is 0 Å². The molecule has 2 rings (SSSR count). The van der Waals surface area contributed by atoms with Gasteiger partial charge in [0.2, 0.25) is 5.91 Å². The fourth-order valence-electron chi connectivity index (χ4n) is 1.65. The first kappa shape index (κ1) is 14.9. The Morgan fingerprint density at radius 2 is 1.90 bits per heavy atom. The number of carbonyl (C=O) groups is 2. The van der Waals surface area contributed by atoms with Crippen LogP contribution in [0.2, 0.25) is 10.0 Å². The van der Waals surface area contributed by atoms with Crippen molar-refractivity contribution in [2.45, 2.75) is 18.9 Å². The Morgan fingerprint density at radius 1 is 1.30 bits per heavy atom. The molecule has 1 fully saturated rings. The van der Waals surface area contributed by atoms with Crippen LogP contribution >= 0.6 is 23.2 Å². The number of methoxy groups -OCH3 is 1. The second-order valence-corrected chi connectivity index (χ2v) is 5.31. The number of ether oxygens (including phenoxy) is 1. The minimum absolute atomic E-state index is 0.0728. The number of hydrogen-bond acceptors (Lipinski definition) is 3. The van der Waals surface area contributed by atoms with Crippen molar-refractivity contribution in [2.75, 3.05) is 13.7 Å². The second-order valence-electron chi connectivity index (χ2n) is 4.50. The summed E-state index contributed by atoms with van der Waals surface area (Å²) in [5.41, 5.74) is 0.278. The van der Waals surface area contributed by atoms with Gasteiger partial charge in [-0.15, -0.1) is 0 Å². The summed E-state index contributed by atoms with van der Waals surface area (Å²) >= 11 is 11.9. The highest BCUT2D eigenvalue weighted by atomic mass is 35.5. The Balaban J connectivity index is 1.96. The quantitative estimate of drug-likeness (QED) is 0.873. The summed E-state index contributed by atoms with van der Waals surface area (Å²) in [5, 5.41) is 5.78. The summed E-state index contributed by atoms with van der Waals surface area (Å²) < 4.78 is 5.00. The minimum atomic E-state index is -0.414. The molecule has 1 aliphatic carbocycles. The molecule has 5 nitrogen and oxygen atoms in total. The monoisotopic (exact) mass is 316 g/mol. The zero-order chi connectivity index (χ0) is 14.7. The summed E-state index contributed by atoms with van der Waals surface area (Å²) in [6.07, 6.45) is 2.01. The summed E-state index contributed by atoms with van der Waals surface area (Å²) in [6.45, 7) is -0.0728. The minimum Gasteiger partial charge on any atom is -0.494 e. The van der Waals surface area contributed by atoms with E-state index in [1.54, 1.807) is 0 Å².